The van der Waals surface area contributed by atoms with Crippen molar-refractivity contribution in [2.24, 2.45) is 0 Å². The molecule has 0 bridgehead atoms. The number of ether oxygens (including phenoxy) is 1. The van der Waals surface area contributed by atoms with E-state index in [9.17, 15) is 0 Å². The Kier molecular flexibility index (Phi) is 2.06. The molecule has 0 spiro atoms. The molecule has 19 heavy (non-hydrogen) atoms. The first-order chi connectivity index (χ1) is 9.36. The predicted octanol–water partition coefficient (Wildman–Crippen LogP) is 4.75. The fourth-order valence-electron chi connectivity index (χ4n) is 2.61. The lowest BCUT2D eigenvalue weighted by atomic mass is 10.1. The number of benzene rings is 3. The summed E-state index contributed by atoms with van der Waals surface area (Å²) in [5, 5.41) is 4.55. The van der Waals surface area contributed by atoms with Gasteiger partial charge in [-0.15, -0.1) is 0 Å². The molecule has 0 fully saturated rings. The normalized spacial score (nSPS) is 11.4. The highest BCUT2D eigenvalue weighted by molar-refractivity contribution is 6.15. The topological polar surface area (TPSA) is 22.4 Å². The lowest BCUT2D eigenvalue weighted by Crippen LogP contribution is -1.82. The summed E-state index contributed by atoms with van der Waals surface area (Å²) in [6.07, 6.45) is 0. The van der Waals surface area contributed by atoms with Gasteiger partial charge in [-0.05, 0) is 29.7 Å². The molecule has 0 N–H and O–H groups in total. The third-order valence-electron chi connectivity index (χ3n) is 3.57. The van der Waals surface area contributed by atoms with Crippen LogP contribution in [-0.2, 0) is 0 Å². The van der Waals surface area contributed by atoms with Gasteiger partial charge in [0.05, 0.1) is 7.11 Å². The highest BCUT2D eigenvalue weighted by Crippen LogP contribution is 2.35. The van der Waals surface area contributed by atoms with Crippen molar-refractivity contribution in [3.63, 3.8) is 0 Å². The van der Waals surface area contributed by atoms with Gasteiger partial charge in [0.2, 0.25) is 0 Å². The van der Waals surface area contributed by atoms with Crippen molar-refractivity contribution in [3.05, 3.63) is 54.6 Å². The molecule has 2 heteroatoms. The molecule has 4 rings (SSSR count). The van der Waals surface area contributed by atoms with E-state index in [1.165, 1.54) is 0 Å². The van der Waals surface area contributed by atoms with Crippen LogP contribution in [0.2, 0.25) is 0 Å². The summed E-state index contributed by atoms with van der Waals surface area (Å²) >= 11 is 0. The molecule has 0 atom stereocenters. The summed E-state index contributed by atoms with van der Waals surface area (Å²) in [5.74, 6) is 0.848. The maximum absolute atomic E-state index is 6.01. The van der Waals surface area contributed by atoms with E-state index in [4.69, 9.17) is 9.15 Å². The van der Waals surface area contributed by atoms with Crippen molar-refractivity contribution in [2.45, 2.75) is 0 Å². The van der Waals surface area contributed by atoms with Crippen molar-refractivity contribution >= 4 is 32.7 Å². The summed E-state index contributed by atoms with van der Waals surface area (Å²) in [5.41, 5.74) is 1.85. The molecule has 0 aliphatic carbocycles. The van der Waals surface area contributed by atoms with Gasteiger partial charge in [-0.3, -0.25) is 0 Å². The predicted molar refractivity (Wildman–Crippen MR) is 77.8 cm³/mol. The molecule has 0 radical (unpaired) electrons. The monoisotopic (exact) mass is 248 g/mol. The number of hydrogen-bond acceptors (Lipinski definition) is 2. The molecule has 0 aliphatic heterocycles. The number of fused-ring (bicyclic) bond motifs is 5. The lowest BCUT2D eigenvalue weighted by Gasteiger charge is -2.02. The molecule has 92 valence electrons. The number of para-hydroxylation sites is 1. The lowest BCUT2D eigenvalue weighted by molar-refractivity contribution is 0.415. The first-order valence-corrected chi connectivity index (χ1v) is 6.25. The smallest absolute Gasteiger partial charge is 0.143 e. The van der Waals surface area contributed by atoms with Crippen LogP contribution < -0.4 is 4.74 Å². The number of hydrogen-bond donors (Lipinski definition) is 0. The summed E-state index contributed by atoms with van der Waals surface area (Å²) in [6.45, 7) is 0. The quantitative estimate of drug-likeness (QED) is 0.485. The Hall–Kier alpha value is -2.48. The van der Waals surface area contributed by atoms with Crippen LogP contribution in [0.3, 0.4) is 0 Å². The van der Waals surface area contributed by atoms with Crippen LogP contribution in [-0.4, -0.2) is 7.11 Å². The number of furan rings is 1. The van der Waals surface area contributed by atoms with E-state index in [1.807, 2.05) is 30.3 Å². The van der Waals surface area contributed by atoms with Crippen LogP contribution >= 0.6 is 0 Å². The molecule has 0 saturated carbocycles. The molecule has 0 unspecified atom stereocenters. The zero-order valence-electron chi connectivity index (χ0n) is 10.5. The van der Waals surface area contributed by atoms with E-state index in [-0.39, 0.29) is 0 Å². The maximum atomic E-state index is 6.01. The first-order valence-electron chi connectivity index (χ1n) is 6.25. The molecule has 0 aliphatic rings. The highest BCUT2D eigenvalue weighted by Gasteiger charge is 2.10. The van der Waals surface area contributed by atoms with E-state index in [2.05, 4.69) is 24.3 Å². The zero-order chi connectivity index (χ0) is 12.8. The van der Waals surface area contributed by atoms with Crippen LogP contribution in [0.15, 0.2) is 59.0 Å². The van der Waals surface area contributed by atoms with Crippen LogP contribution in [0.25, 0.3) is 32.7 Å². The van der Waals surface area contributed by atoms with E-state index in [0.717, 1.165) is 38.5 Å². The average molecular weight is 248 g/mol. The maximum Gasteiger partial charge on any atom is 0.143 e. The summed E-state index contributed by atoms with van der Waals surface area (Å²) in [6, 6.07) is 18.4. The van der Waals surface area contributed by atoms with E-state index < -0.39 is 0 Å². The van der Waals surface area contributed by atoms with Crippen molar-refractivity contribution in [1.29, 1.82) is 0 Å². The van der Waals surface area contributed by atoms with Crippen LogP contribution in [0.1, 0.15) is 0 Å². The fourth-order valence-corrected chi connectivity index (χ4v) is 2.61. The van der Waals surface area contributed by atoms with Gasteiger partial charge in [-0.25, -0.2) is 0 Å². The van der Waals surface area contributed by atoms with Gasteiger partial charge >= 0.3 is 0 Å². The summed E-state index contributed by atoms with van der Waals surface area (Å²) in [7, 11) is 1.68. The third-order valence-corrected chi connectivity index (χ3v) is 3.57. The van der Waals surface area contributed by atoms with Crippen molar-refractivity contribution in [1.82, 2.24) is 0 Å². The minimum absolute atomic E-state index is 0.848. The molecular weight excluding hydrogens is 236 g/mol. The Bertz CT molecular complexity index is 903. The Morgan fingerprint density at radius 1 is 0.842 bits per heavy atom. The van der Waals surface area contributed by atoms with Gasteiger partial charge in [-0.1, -0.05) is 30.3 Å². The summed E-state index contributed by atoms with van der Waals surface area (Å²) in [4.78, 5) is 0. The van der Waals surface area contributed by atoms with Crippen molar-refractivity contribution in [3.8, 4) is 5.75 Å². The Labute approximate surface area is 110 Å². The molecule has 2 nitrogen and oxygen atoms in total. The first kappa shape index (κ1) is 10.4. The zero-order valence-corrected chi connectivity index (χ0v) is 10.5. The molecule has 0 saturated heterocycles. The van der Waals surface area contributed by atoms with Crippen LogP contribution in [0.4, 0.5) is 0 Å². The van der Waals surface area contributed by atoms with E-state index in [0.29, 0.717) is 0 Å². The molecule has 1 aromatic heterocycles. The Morgan fingerprint density at radius 3 is 2.58 bits per heavy atom. The molecular formula is C17H12O2. The minimum Gasteiger partial charge on any atom is -0.497 e. The van der Waals surface area contributed by atoms with Gasteiger partial charge in [0, 0.05) is 16.2 Å². The van der Waals surface area contributed by atoms with Gasteiger partial charge in [0.1, 0.15) is 16.9 Å². The van der Waals surface area contributed by atoms with Crippen molar-refractivity contribution in [2.75, 3.05) is 7.11 Å². The number of rotatable bonds is 1. The Balaban J connectivity index is 2.23. The van der Waals surface area contributed by atoms with Gasteiger partial charge in [0.15, 0.2) is 0 Å². The SMILES string of the molecule is COc1ccc2ccc3c4ccccc4oc3c2c1. The van der Waals surface area contributed by atoms with E-state index >= 15 is 0 Å². The second kappa shape index (κ2) is 3.75. The molecule has 1 heterocycles. The summed E-state index contributed by atoms with van der Waals surface area (Å²) < 4.78 is 11.3. The second-order valence-corrected chi connectivity index (χ2v) is 4.63. The number of methoxy groups -OCH3 is 1. The average Bonchev–Trinajstić information content (AvgIpc) is 2.85. The molecule has 4 aromatic rings. The van der Waals surface area contributed by atoms with Crippen LogP contribution in [0, 0.1) is 0 Å². The van der Waals surface area contributed by atoms with E-state index in [1.54, 1.807) is 7.11 Å². The van der Waals surface area contributed by atoms with Gasteiger partial charge in [0.25, 0.3) is 0 Å². The minimum atomic E-state index is 0.848. The van der Waals surface area contributed by atoms with Gasteiger partial charge < -0.3 is 9.15 Å². The second-order valence-electron chi connectivity index (χ2n) is 4.63. The molecule has 0 amide bonds. The fraction of sp³-hybridized carbons (Fsp3) is 0.0588. The third kappa shape index (κ3) is 1.43. The highest BCUT2D eigenvalue weighted by atomic mass is 16.5. The standard InChI is InChI=1S/C17H12O2/c1-18-12-8-6-11-7-9-14-13-4-2-3-5-16(13)19-17(14)15(11)10-12/h2-10H,1H3. The van der Waals surface area contributed by atoms with Crippen molar-refractivity contribution < 1.29 is 9.15 Å². The largest absolute Gasteiger partial charge is 0.497 e. The van der Waals surface area contributed by atoms with Gasteiger partial charge in [-0.2, -0.15) is 0 Å². The molecule has 3 aromatic carbocycles. The van der Waals surface area contributed by atoms with Crippen LogP contribution in [0.5, 0.6) is 5.75 Å². The Morgan fingerprint density at radius 2 is 1.68 bits per heavy atom.